The van der Waals surface area contributed by atoms with Gasteiger partial charge in [0.2, 0.25) is 5.91 Å². The highest BCUT2D eigenvalue weighted by Gasteiger charge is 2.29. The van der Waals surface area contributed by atoms with Gasteiger partial charge in [-0.2, -0.15) is 11.8 Å². The van der Waals surface area contributed by atoms with Gasteiger partial charge >= 0.3 is 0 Å². The topological polar surface area (TPSA) is 32.3 Å². The summed E-state index contributed by atoms with van der Waals surface area (Å²) in [4.78, 5) is 13.6. The van der Waals surface area contributed by atoms with Gasteiger partial charge in [-0.05, 0) is 38.3 Å². The molecule has 1 aliphatic heterocycles. The van der Waals surface area contributed by atoms with Crippen molar-refractivity contribution in [3.63, 3.8) is 0 Å². The quantitative estimate of drug-likeness (QED) is 0.671. The largest absolute Gasteiger partial charge is 0.341 e. The fraction of sp³-hybridized carbons (Fsp3) is 0.900. The zero-order valence-electron chi connectivity index (χ0n) is 9.08. The number of nitrogens with zero attached hydrogens (tertiary/aromatic N) is 1. The molecule has 1 unspecified atom stereocenters. The number of unbranched alkanes of at least 4 members (excludes halogenated alkanes) is 1. The van der Waals surface area contributed by atoms with Crippen LogP contribution in [0.1, 0.15) is 19.3 Å². The molecule has 0 aromatic rings. The van der Waals surface area contributed by atoms with Crippen LogP contribution < -0.4 is 5.32 Å². The van der Waals surface area contributed by atoms with E-state index in [0.717, 1.165) is 25.9 Å². The Morgan fingerprint density at radius 2 is 2.36 bits per heavy atom. The zero-order valence-corrected chi connectivity index (χ0v) is 9.90. The van der Waals surface area contributed by atoms with E-state index >= 15 is 0 Å². The molecule has 14 heavy (non-hydrogen) atoms. The van der Waals surface area contributed by atoms with Crippen LogP contribution >= 0.6 is 11.8 Å². The summed E-state index contributed by atoms with van der Waals surface area (Å²) in [7, 11) is 1.86. The Morgan fingerprint density at radius 1 is 1.57 bits per heavy atom. The van der Waals surface area contributed by atoms with Gasteiger partial charge in [-0.25, -0.2) is 0 Å². The van der Waals surface area contributed by atoms with Crippen molar-refractivity contribution < 1.29 is 4.79 Å². The molecule has 82 valence electrons. The van der Waals surface area contributed by atoms with Crippen LogP contribution in [0, 0.1) is 0 Å². The molecule has 0 spiro atoms. The van der Waals surface area contributed by atoms with E-state index in [1.165, 1.54) is 12.2 Å². The summed E-state index contributed by atoms with van der Waals surface area (Å²) in [6, 6.07) is 0.0792. The Morgan fingerprint density at radius 3 is 2.93 bits per heavy atom. The monoisotopic (exact) mass is 216 g/mol. The van der Waals surface area contributed by atoms with Gasteiger partial charge in [0.15, 0.2) is 0 Å². The van der Waals surface area contributed by atoms with Crippen molar-refractivity contribution in [2.75, 3.05) is 32.1 Å². The van der Waals surface area contributed by atoms with Crippen LogP contribution in [0.25, 0.3) is 0 Å². The lowest BCUT2D eigenvalue weighted by Gasteiger charge is -2.16. The smallest absolute Gasteiger partial charge is 0.239 e. The molecule has 0 aromatic carbocycles. The average Bonchev–Trinajstić information content (AvgIpc) is 2.55. The molecule has 1 saturated heterocycles. The van der Waals surface area contributed by atoms with Crippen LogP contribution in [0.15, 0.2) is 0 Å². The van der Waals surface area contributed by atoms with E-state index in [4.69, 9.17) is 0 Å². The number of likely N-dealkylation sites (N-methyl/N-ethyl adjacent to an activating group) is 1. The number of likely N-dealkylation sites (tertiary alicyclic amines) is 1. The second kappa shape index (κ2) is 6.30. The maximum absolute atomic E-state index is 11.7. The van der Waals surface area contributed by atoms with Gasteiger partial charge in [0.25, 0.3) is 0 Å². The fourth-order valence-corrected chi connectivity index (χ4v) is 2.27. The van der Waals surface area contributed by atoms with Crippen LogP contribution in [-0.2, 0) is 4.79 Å². The number of thioether (sulfide) groups is 1. The van der Waals surface area contributed by atoms with Crippen molar-refractivity contribution in [1.82, 2.24) is 10.2 Å². The van der Waals surface area contributed by atoms with Gasteiger partial charge in [0.05, 0.1) is 6.04 Å². The summed E-state index contributed by atoms with van der Waals surface area (Å²) in [6.45, 7) is 1.88. The number of rotatable bonds is 6. The number of hydrogen-bond acceptors (Lipinski definition) is 3. The van der Waals surface area contributed by atoms with E-state index < -0.39 is 0 Å². The molecule has 1 N–H and O–H groups in total. The van der Waals surface area contributed by atoms with Gasteiger partial charge in [-0.3, -0.25) is 4.79 Å². The van der Waals surface area contributed by atoms with Crippen LogP contribution in [-0.4, -0.2) is 49.0 Å². The van der Waals surface area contributed by atoms with E-state index in [-0.39, 0.29) is 11.9 Å². The zero-order chi connectivity index (χ0) is 10.4. The standard InChI is InChI=1S/C10H20N2OS/c1-11-9-5-7-12(10(9)13)6-3-4-8-14-2/h9,11H,3-8H2,1-2H3. The van der Waals surface area contributed by atoms with Crippen LogP contribution in [0.4, 0.5) is 0 Å². The predicted octanol–water partition coefficient (Wildman–Crippen LogP) is 0.950. The maximum Gasteiger partial charge on any atom is 0.239 e. The third-order valence-corrected chi connectivity index (χ3v) is 3.37. The van der Waals surface area contributed by atoms with Gasteiger partial charge in [-0.15, -0.1) is 0 Å². The normalized spacial score (nSPS) is 22.0. The minimum Gasteiger partial charge on any atom is -0.341 e. The van der Waals surface area contributed by atoms with Crippen molar-refractivity contribution >= 4 is 17.7 Å². The van der Waals surface area contributed by atoms with Crippen LogP contribution in [0.2, 0.25) is 0 Å². The number of hydrogen-bond donors (Lipinski definition) is 1. The molecule has 1 fully saturated rings. The van der Waals surface area contributed by atoms with Crippen molar-refractivity contribution in [2.24, 2.45) is 0 Å². The van der Waals surface area contributed by atoms with Crippen LogP contribution in [0.3, 0.4) is 0 Å². The Kier molecular flexibility index (Phi) is 5.33. The van der Waals surface area contributed by atoms with Gasteiger partial charge < -0.3 is 10.2 Å². The highest BCUT2D eigenvalue weighted by molar-refractivity contribution is 7.98. The molecule has 1 atom stereocenters. The second-order valence-electron chi connectivity index (χ2n) is 3.66. The summed E-state index contributed by atoms with van der Waals surface area (Å²) >= 11 is 1.87. The molecule has 3 nitrogen and oxygen atoms in total. The number of carbonyl (C=O) groups is 1. The van der Waals surface area contributed by atoms with Gasteiger partial charge in [0.1, 0.15) is 0 Å². The fourth-order valence-electron chi connectivity index (χ4n) is 1.78. The Hall–Kier alpha value is -0.220. The SMILES string of the molecule is CNC1CCN(CCCCSC)C1=O. The van der Waals surface area contributed by atoms with Crippen molar-refractivity contribution in [1.29, 1.82) is 0 Å². The van der Waals surface area contributed by atoms with Gasteiger partial charge in [0, 0.05) is 13.1 Å². The highest BCUT2D eigenvalue weighted by Crippen LogP contribution is 2.12. The lowest BCUT2D eigenvalue weighted by molar-refractivity contribution is -0.129. The molecule has 4 heteroatoms. The molecule has 0 aliphatic carbocycles. The minimum absolute atomic E-state index is 0.0792. The van der Waals surface area contributed by atoms with Crippen LogP contribution in [0.5, 0.6) is 0 Å². The first kappa shape index (κ1) is 11.9. The second-order valence-corrected chi connectivity index (χ2v) is 4.64. The van der Waals surface area contributed by atoms with Crippen molar-refractivity contribution in [3.8, 4) is 0 Å². The van der Waals surface area contributed by atoms with E-state index in [0.29, 0.717) is 0 Å². The summed E-state index contributed by atoms with van der Waals surface area (Å²) in [5.41, 5.74) is 0. The molecule has 0 bridgehead atoms. The molecule has 1 heterocycles. The van der Waals surface area contributed by atoms with E-state index in [9.17, 15) is 4.79 Å². The summed E-state index contributed by atoms with van der Waals surface area (Å²) in [5.74, 6) is 1.49. The lowest BCUT2D eigenvalue weighted by Crippen LogP contribution is -2.36. The third kappa shape index (κ3) is 3.17. The lowest BCUT2D eigenvalue weighted by atomic mass is 10.2. The molecule has 0 aromatic heterocycles. The first-order valence-electron chi connectivity index (χ1n) is 5.24. The molecule has 0 saturated carbocycles. The molecule has 1 amide bonds. The molecule has 1 aliphatic rings. The number of nitrogens with one attached hydrogen (secondary N) is 1. The maximum atomic E-state index is 11.7. The Bertz CT molecular complexity index is 187. The van der Waals surface area contributed by atoms with Crippen molar-refractivity contribution in [2.45, 2.75) is 25.3 Å². The Balaban J connectivity index is 2.16. The highest BCUT2D eigenvalue weighted by atomic mass is 32.2. The van der Waals surface area contributed by atoms with E-state index in [2.05, 4.69) is 11.6 Å². The summed E-state index contributed by atoms with van der Waals surface area (Å²) in [6.07, 6.45) is 5.45. The summed E-state index contributed by atoms with van der Waals surface area (Å²) < 4.78 is 0. The molecular formula is C10H20N2OS. The third-order valence-electron chi connectivity index (χ3n) is 2.67. The first-order valence-corrected chi connectivity index (χ1v) is 6.64. The summed E-state index contributed by atoms with van der Waals surface area (Å²) in [5, 5.41) is 3.05. The minimum atomic E-state index is 0.0792. The molecule has 0 radical (unpaired) electrons. The van der Waals surface area contributed by atoms with Gasteiger partial charge in [-0.1, -0.05) is 0 Å². The Labute approximate surface area is 90.6 Å². The van der Waals surface area contributed by atoms with E-state index in [1.54, 1.807) is 0 Å². The number of carbonyl (C=O) groups excluding carboxylic acids is 1. The molecular weight excluding hydrogens is 196 g/mol. The van der Waals surface area contributed by atoms with E-state index in [1.807, 2.05) is 23.7 Å². The van der Waals surface area contributed by atoms with Crippen molar-refractivity contribution in [3.05, 3.63) is 0 Å². The average molecular weight is 216 g/mol. The number of amides is 1. The molecule has 1 rings (SSSR count). The first-order chi connectivity index (χ1) is 6.79. The predicted molar refractivity (Wildman–Crippen MR) is 61.7 cm³/mol.